The average Bonchev–Trinajstić information content (AvgIpc) is 2.63. The summed E-state index contributed by atoms with van der Waals surface area (Å²) in [6.45, 7) is 7.27. The molecule has 4 nitrogen and oxygen atoms in total. The molecule has 0 bridgehead atoms. The van der Waals surface area contributed by atoms with Crippen molar-refractivity contribution in [3.8, 4) is 11.8 Å². The zero-order chi connectivity index (χ0) is 17.4. The van der Waals surface area contributed by atoms with E-state index >= 15 is 0 Å². The van der Waals surface area contributed by atoms with Crippen molar-refractivity contribution in [2.45, 2.75) is 0 Å². The normalized spacial score (nSPS) is 10.4. The van der Waals surface area contributed by atoms with Crippen LogP contribution in [0.2, 0.25) is 0 Å². The first kappa shape index (κ1) is 16.8. The van der Waals surface area contributed by atoms with E-state index in [0.29, 0.717) is 28.3 Å². The van der Waals surface area contributed by atoms with Gasteiger partial charge in [-0.25, -0.2) is 0 Å². The van der Waals surface area contributed by atoms with Crippen LogP contribution in [-0.4, -0.2) is 5.91 Å². The van der Waals surface area contributed by atoms with Crippen LogP contribution in [0.3, 0.4) is 0 Å². The third kappa shape index (κ3) is 4.46. The number of carbonyl (C=O) groups excluding carboxylic acids is 1. The molecule has 0 saturated heterocycles. The van der Waals surface area contributed by atoms with E-state index in [2.05, 4.69) is 18.5 Å². The molecule has 0 radical (unpaired) electrons. The number of allylic oxidation sites excluding steroid dienone is 3. The quantitative estimate of drug-likeness (QED) is 0.633. The van der Waals surface area contributed by atoms with Crippen LogP contribution in [0.15, 0.2) is 85.7 Å². The molecule has 4 heteroatoms. The molecule has 0 aliphatic carbocycles. The van der Waals surface area contributed by atoms with Crippen molar-refractivity contribution in [1.29, 1.82) is 5.26 Å². The summed E-state index contributed by atoms with van der Waals surface area (Å²) in [7, 11) is 0. The Labute approximate surface area is 141 Å². The van der Waals surface area contributed by atoms with E-state index in [-0.39, 0.29) is 5.91 Å². The summed E-state index contributed by atoms with van der Waals surface area (Å²) >= 11 is 0. The molecule has 0 aliphatic heterocycles. The smallest absolute Gasteiger partial charge is 0.255 e. The lowest BCUT2D eigenvalue weighted by molar-refractivity contribution is 0.102. The minimum absolute atomic E-state index is 0.244. The summed E-state index contributed by atoms with van der Waals surface area (Å²) in [5, 5.41) is 11.6. The molecule has 1 N–H and O–H groups in total. The lowest BCUT2D eigenvalue weighted by atomic mass is 10.1. The highest BCUT2D eigenvalue weighted by Gasteiger charge is 2.06. The van der Waals surface area contributed by atoms with Gasteiger partial charge in [0.15, 0.2) is 0 Å². The molecule has 0 spiro atoms. The van der Waals surface area contributed by atoms with Crippen molar-refractivity contribution in [3.05, 3.63) is 96.8 Å². The first-order valence-electron chi connectivity index (χ1n) is 7.21. The van der Waals surface area contributed by atoms with Gasteiger partial charge in [0, 0.05) is 11.3 Å². The molecule has 2 aromatic carbocycles. The van der Waals surface area contributed by atoms with Crippen molar-refractivity contribution in [3.63, 3.8) is 0 Å². The van der Waals surface area contributed by atoms with E-state index in [1.807, 2.05) is 6.07 Å². The fourth-order valence-electron chi connectivity index (χ4n) is 1.90. The number of benzene rings is 2. The number of nitrogens with one attached hydrogen (secondary N) is 1. The van der Waals surface area contributed by atoms with Crippen LogP contribution in [0.4, 0.5) is 5.69 Å². The first-order valence-corrected chi connectivity index (χ1v) is 7.21. The Morgan fingerprint density at radius 3 is 2.29 bits per heavy atom. The molecule has 0 aromatic heterocycles. The molecule has 2 aromatic rings. The van der Waals surface area contributed by atoms with Gasteiger partial charge in [-0.15, -0.1) is 0 Å². The number of hydrogen-bond acceptors (Lipinski definition) is 3. The van der Waals surface area contributed by atoms with Crippen molar-refractivity contribution >= 4 is 11.6 Å². The number of nitriles is 1. The van der Waals surface area contributed by atoms with E-state index < -0.39 is 0 Å². The van der Waals surface area contributed by atoms with Crippen LogP contribution in [0, 0.1) is 11.3 Å². The Bertz CT molecular complexity index is 810. The number of nitrogens with zero attached hydrogens (tertiary/aromatic N) is 1. The first-order chi connectivity index (χ1) is 11.7. The number of rotatable bonds is 6. The summed E-state index contributed by atoms with van der Waals surface area (Å²) < 4.78 is 5.60. The van der Waals surface area contributed by atoms with Crippen LogP contribution >= 0.6 is 0 Å². The average molecular weight is 316 g/mol. The SMILES string of the molecule is C=C/C=C(\C=C)Oc1ccc(NC(=O)c2ccc(C#N)cc2)cc1. The van der Waals surface area contributed by atoms with Gasteiger partial charge in [-0.2, -0.15) is 5.26 Å². The number of amides is 1. The maximum atomic E-state index is 12.1. The monoisotopic (exact) mass is 316 g/mol. The largest absolute Gasteiger partial charge is 0.457 e. The molecule has 1 amide bonds. The third-order valence-corrected chi connectivity index (χ3v) is 3.11. The summed E-state index contributed by atoms with van der Waals surface area (Å²) in [5.74, 6) is 0.963. The Kier molecular flexibility index (Phi) is 5.71. The standard InChI is InChI=1S/C20H16N2O2/c1-3-5-18(4-2)24-19-12-10-17(11-13-19)22-20(23)16-8-6-15(14-21)7-9-16/h3-13H,1-2H2,(H,22,23)/b18-5+. The van der Waals surface area contributed by atoms with Crippen molar-refractivity contribution in [2.24, 2.45) is 0 Å². The molecule has 24 heavy (non-hydrogen) atoms. The topological polar surface area (TPSA) is 62.1 Å². The molecule has 118 valence electrons. The zero-order valence-electron chi connectivity index (χ0n) is 13.0. The predicted molar refractivity (Wildman–Crippen MR) is 94.7 cm³/mol. The Hall–Kier alpha value is -3.58. The van der Waals surface area contributed by atoms with Gasteiger partial charge in [-0.1, -0.05) is 19.2 Å². The third-order valence-electron chi connectivity index (χ3n) is 3.11. The number of carbonyl (C=O) groups is 1. The van der Waals surface area contributed by atoms with E-state index in [4.69, 9.17) is 10.00 Å². The maximum absolute atomic E-state index is 12.1. The van der Waals surface area contributed by atoms with E-state index in [1.165, 1.54) is 0 Å². The van der Waals surface area contributed by atoms with Gasteiger partial charge >= 0.3 is 0 Å². The van der Waals surface area contributed by atoms with E-state index in [9.17, 15) is 4.79 Å². The Morgan fingerprint density at radius 2 is 1.75 bits per heavy atom. The molecule has 0 saturated carbocycles. The number of anilines is 1. The Morgan fingerprint density at radius 1 is 1.08 bits per heavy atom. The fourth-order valence-corrected chi connectivity index (χ4v) is 1.90. The van der Waals surface area contributed by atoms with Crippen molar-refractivity contribution < 1.29 is 9.53 Å². The molecule has 2 rings (SSSR count). The molecular formula is C20H16N2O2. The Balaban J connectivity index is 2.04. The molecule has 0 aliphatic rings. The highest BCUT2D eigenvalue weighted by molar-refractivity contribution is 6.04. The molecule has 0 unspecified atom stereocenters. The van der Waals surface area contributed by atoms with Gasteiger partial charge < -0.3 is 10.1 Å². The van der Waals surface area contributed by atoms with Crippen LogP contribution in [-0.2, 0) is 0 Å². The van der Waals surface area contributed by atoms with E-state index in [0.717, 1.165) is 0 Å². The fraction of sp³-hybridized carbons (Fsp3) is 0. The van der Waals surface area contributed by atoms with Gasteiger partial charge in [-0.05, 0) is 60.7 Å². The van der Waals surface area contributed by atoms with Gasteiger partial charge in [0.2, 0.25) is 0 Å². The predicted octanol–water partition coefficient (Wildman–Crippen LogP) is 4.45. The molecular weight excluding hydrogens is 300 g/mol. The molecule has 0 atom stereocenters. The minimum Gasteiger partial charge on any atom is -0.457 e. The maximum Gasteiger partial charge on any atom is 0.255 e. The highest BCUT2D eigenvalue weighted by atomic mass is 16.5. The second-order valence-electron chi connectivity index (χ2n) is 4.78. The van der Waals surface area contributed by atoms with Crippen LogP contribution in [0.25, 0.3) is 0 Å². The molecule has 0 heterocycles. The van der Waals surface area contributed by atoms with Crippen molar-refractivity contribution in [1.82, 2.24) is 0 Å². The van der Waals surface area contributed by atoms with Crippen LogP contribution in [0.1, 0.15) is 15.9 Å². The summed E-state index contributed by atoms with van der Waals surface area (Å²) in [5.41, 5.74) is 1.64. The lowest BCUT2D eigenvalue weighted by Gasteiger charge is -2.08. The highest BCUT2D eigenvalue weighted by Crippen LogP contribution is 2.19. The van der Waals surface area contributed by atoms with Gasteiger partial charge in [-0.3, -0.25) is 4.79 Å². The van der Waals surface area contributed by atoms with Crippen molar-refractivity contribution in [2.75, 3.05) is 5.32 Å². The van der Waals surface area contributed by atoms with Gasteiger partial charge in [0.25, 0.3) is 5.91 Å². The van der Waals surface area contributed by atoms with Crippen LogP contribution in [0.5, 0.6) is 5.75 Å². The van der Waals surface area contributed by atoms with Gasteiger partial charge in [0.1, 0.15) is 11.5 Å². The van der Waals surface area contributed by atoms with E-state index in [1.54, 1.807) is 66.8 Å². The zero-order valence-corrected chi connectivity index (χ0v) is 13.0. The number of ether oxygens (including phenoxy) is 1. The summed E-state index contributed by atoms with van der Waals surface area (Å²) in [6, 6.07) is 15.4. The summed E-state index contributed by atoms with van der Waals surface area (Å²) in [6.07, 6.45) is 4.90. The minimum atomic E-state index is -0.244. The number of hydrogen-bond donors (Lipinski definition) is 1. The second-order valence-corrected chi connectivity index (χ2v) is 4.78. The summed E-state index contributed by atoms with van der Waals surface area (Å²) in [4.78, 5) is 12.1. The van der Waals surface area contributed by atoms with Crippen LogP contribution < -0.4 is 10.1 Å². The molecule has 0 fully saturated rings. The van der Waals surface area contributed by atoms with Gasteiger partial charge in [0.05, 0.1) is 11.6 Å². The second kappa shape index (κ2) is 8.16. The lowest BCUT2D eigenvalue weighted by Crippen LogP contribution is -2.11.